The number of hydrogen-bond acceptors (Lipinski definition) is 8. The molecule has 0 aromatic heterocycles. The maximum absolute atomic E-state index is 14.5. The molecule has 0 saturated carbocycles. The Morgan fingerprint density at radius 1 is 0.979 bits per heavy atom. The normalized spacial score (nSPS) is 23.0. The SMILES string of the molecule is CC(C)(C)OC(=O)NC(CC(=O)N1CCN2C(C(F)(F)F)=NC(C(=O)N3CCN(S(C)(=O)=O)CC3)C2(C)C1)Cc1cc(F)c(F)cc1F. The molecule has 19 heteroatoms. The predicted octanol–water partition coefficient (Wildman–Crippen LogP) is 2.28. The highest BCUT2D eigenvalue weighted by Crippen LogP contribution is 2.39. The number of halogens is 6. The van der Waals surface area contributed by atoms with Crippen molar-refractivity contribution in [3.63, 3.8) is 0 Å². The van der Waals surface area contributed by atoms with E-state index in [-0.39, 0.29) is 44.8 Å². The van der Waals surface area contributed by atoms with Crippen LogP contribution in [0.15, 0.2) is 17.1 Å². The smallest absolute Gasteiger partial charge is 0.444 e. The lowest BCUT2D eigenvalue weighted by molar-refractivity contribution is -0.142. The molecule has 3 aliphatic rings. The quantitative estimate of drug-likeness (QED) is 0.339. The van der Waals surface area contributed by atoms with Crippen molar-refractivity contribution in [2.45, 2.75) is 69.9 Å². The Hall–Kier alpha value is -3.61. The number of rotatable bonds is 7. The number of fused-ring (bicyclic) bond motifs is 1. The highest BCUT2D eigenvalue weighted by Gasteiger charge is 2.60. The number of piperazine rings is 2. The minimum Gasteiger partial charge on any atom is -0.444 e. The first-order valence-corrected chi connectivity index (χ1v) is 16.9. The maximum Gasteiger partial charge on any atom is 0.449 e. The van der Waals surface area contributed by atoms with E-state index in [2.05, 4.69) is 10.3 Å². The van der Waals surface area contributed by atoms with Crippen LogP contribution in [0.4, 0.5) is 31.1 Å². The van der Waals surface area contributed by atoms with Crippen LogP contribution < -0.4 is 5.32 Å². The Morgan fingerprint density at radius 2 is 1.56 bits per heavy atom. The number of carbonyl (C=O) groups excluding carboxylic acids is 3. The van der Waals surface area contributed by atoms with Crippen LogP contribution in [0.5, 0.6) is 0 Å². The van der Waals surface area contributed by atoms with E-state index in [1.165, 1.54) is 16.7 Å². The van der Waals surface area contributed by atoms with Gasteiger partial charge in [-0.25, -0.2) is 31.4 Å². The van der Waals surface area contributed by atoms with Gasteiger partial charge in [-0.3, -0.25) is 9.59 Å². The zero-order valence-corrected chi connectivity index (χ0v) is 27.9. The number of sulfonamides is 1. The molecule has 0 spiro atoms. The van der Waals surface area contributed by atoms with Crippen molar-refractivity contribution in [3.8, 4) is 0 Å². The summed E-state index contributed by atoms with van der Waals surface area (Å²) in [6.45, 7) is 4.87. The molecule has 3 amide bonds. The van der Waals surface area contributed by atoms with Crippen LogP contribution in [-0.2, 0) is 30.8 Å². The number of alkyl halides is 3. The van der Waals surface area contributed by atoms with E-state index in [0.717, 1.165) is 15.5 Å². The van der Waals surface area contributed by atoms with Gasteiger partial charge in [-0.05, 0) is 45.7 Å². The van der Waals surface area contributed by atoms with Crippen molar-refractivity contribution < 1.29 is 53.9 Å². The average molecular weight is 713 g/mol. The molecular weight excluding hydrogens is 674 g/mol. The van der Waals surface area contributed by atoms with Crippen LogP contribution in [-0.4, -0.2) is 133 Å². The second-order valence-electron chi connectivity index (χ2n) is 13.3. The van der Waals surface area contributed by atoms with E-state index in [1.54, 1.807) is 20.8 Å². The number of alkyl carbamates (subject to hydrolysis) is 1. The van der Waals surface area contributed by atoms with Crippen molar-refractivity contribution in [1.82, 2.24) is 24.3 Å². The van der Waals surface area contributed by atoms with Gasteiger partial charge in [0.15, 0.2) is 17.7 Å². The Balaban J connectivity index is 1.56. The highest BCUT2D eigenvalue weighted by atomic mass is 32.2. The molecule has 1 aromatic carbocycles. The van der Waals surface area contributed by atoms with Crippen LogP contribution in [0.2, 0.25) is 0 Å². The van der Waals surface area contributed by atoms with Gasteiger partial charge in [-0.1, -0.05) is 0 Å². The second-order valence-corrected chi connectivity index (χ2v) is 15.3. The first-order valence-electron chi connectivity index (χ1n) is 15.1. The van der Waals surface area contributed by atoms with Crippen LogP contribution in [0.1, 0.15) is 39.7 Å². The zero-order valence-electron chi connectivity index (χ0n) is 27.0. The fourth-order valence-electron chi connectivity index (χ4n) is 6.09. The number of nitrogens with zero attached hydrogens (tertiary/aromatic N) is 5. The van der Waals surface area contributed by atoms with Crippen molar-refractivity contribution in [1.29, 1.82) is 0 Å². The molecule has 12 nitrogen and oxygen atoms in total. The summed E-state index contributed by atoms with van der Waals surface area (Å²) < 4.78 is 115. The molecule has 1 N–H and O–H groups in total. The molecule has 3 atom stereocenters. The Morgan fingerprint density at radius 3 is 2.12 bits per heavy atom. The number of ether oxygens (including phenoxy) is 1. The van der Waals surface area contributed by atoms with E-state index in [0.29, 0.717) is 12.1 Å². The minimum atomic E-state index is -4.92. The molecule has 3 unspecified atom stereocenters. The first-order chi connectivity index (χ1) is 22.0. The Kier molecular flexibility index (Phi) is 10.4. The number of amidine groups is 1. The molecule has 2 fully saturated rings. The van der Waals surface area contributed by atoms with Crippen LogP contribution in [0.25, 0.3) is 0 Å². The molecule has 48 heavy (non-hydrogen) atoms. The predicted molar refractivity (Wildman–Crippen MR) is 160 cm³/mol. The fourth-order valence-corrected chi connectivity index (χ4v) is 6.91. The maximum atomic E-state index is 14.5. The number of amides is 3. The van der Waals surface area contributed by atoms with Crippen molar-refractivity contribution >= 4 is 33.8 Å². The van der Waals surface area contributed by atoms with E-state index < -0.39 is 100 Å². The highest BCUT2D eigenvalue weighted by molar-refractivity contribution is 7.88. The van der Waals surface area contributed by atoms with Gasteiger partial charge in [0.25, 0.3) is 0 Å². The minimum absolute atomic E-state index is 0.0528. The Labute approximate surface area is 274 Å². The zero-order chi connectivity index (χ0) is 36.0. The fraction of sp³-hybridized carbons (Fsp3) is 0.655. The lowest BCUT2D eigenvalue weighted by atomic mass is 9.87. The van der Waals surface area contributed by atoms with Gasteiger partial charge in [0.1, 0.15) is 11.4 Å². The molecule has 0 aliphatic carbocycles. The summed E-state index contributed by atoms with van der Waals surface area (Å²) in [5.41, 5.74) is -2.97. The molecule has 4 rings (SSSR count). The first kappa shape index (κ1) is 37.2. The monoisotopic (exact) mass is 712 g/mol. The van der Waals surface area contributed by atoms with E-state index >= 15 is 0 Å². The summed E-state index contributed by atoms with van der Waals surface area (Å²) in [5.74, 6) is -6.64. The van der Waals surface area contributed by atoms with Gasteiger partial charge < -0.3 is 24.8 Å². The molecule has 3 heterocycles. The number of benzene rings is 1. The third-order valence-electron chi connectivity index (χ3n) is 8.37. The number of aliphatic imine (C=N–C) groups is 1. The van der Waals surface area contributed by atoms with Gasteiger partial charge in [-0.15, -0.1) is 0 Å². The lowest BCUT2D eigenvalue weighted by Crippen LogP contribution is -2.68. The van der Waals surface area contributed by atoms with Crippen LogP contribution in [0.3, 0.4) is 0 Å². The third-order valence-corrected chi connectivity index (χ3v) is 9.68. The van der Waals surface area contributed by atoms with Crippen molar-refractivity contribution in [3.05, 3.63) is 35.1 Å². The number of hydrogen-bond donors (Lipinski definition) is 1. The summed E-state index contributed by atoms with van der Waals surface area (Å²) in [6, 6.07) is -1.89. The standard InChI is InChI=1S/C29H38F6N6O6S/c1-27(2,3)47-26(44)36-18(12-17-13-20(31)21(32)15-19(17)30)14-22(42)39-8-11-41-25(29(33,34)35)37-23(28(41,4)16-39)24(43)38-6-9-40(10-7-38)48(5,45)46/h13,15,18,23H,6-12,14,16H2,1-5H3,(H,36,44). The molecular formula is C29H38F6N6O6S. The summed E-state index contributed by atoms with van der Waals surface area (Å²) in [6.07, 6.45) is -5.90. The summed E-state index contributed by atoms with van der Waals surface area (Å²) in [4.78, 5) is 47.1. The van der Waals surface area contributed by atoms with Gasteiger partial charge in [0.05, 0.1) is 11.8 Å². The molecule has 0 bridgehead atoms. The van der Waals surface area contributed by atoms with E-state index in [9.17, 15) is 49.1 Å². The molecule has 1 aromatic rings. The van der Waals surface area contributed by atoms with Crippen LogP contribution >= 0.6 is 0 Å². The summed E-state index contributed by atoms with van der Waals surface area (Å²) >= 11 is 0. The summed E-state index contributed by atoms with van der Waals surface area (Å²) in [7, 11) is -3.55. The topological polar surface area (TPSA) is 132 Å². The molecule has 2 saturated heterocycles. The lowest BCUT2D eigenvalue weighted by Gasteiger charge is -2.49. The van der Waals surface area contributed by atoms with E-state index in [1.807, 2.05) is 0 Å². The summed E-state index contributed by atoms with van der Waals surface area (Å²) in [5, 5.41) is 2.44. The van der Waals surface area contributed by atoms with Gasteiger partial charge in [0, 0.05) is 64.3 Å². The third kappa shape index (κ3) is 8.33. The van der Waals surface area contributed by atoms with Crippen molar-refractivity contribution in [2.75, 3.05) is 52.1 Å². The molecule has 268 valence electrons. The molecule has 3 aliphatic heterocycles. The number of carbonyl (C=O) groups is 3. The van der Waals surface area contributed by atoms with E-state index in [4.69, 9.17) is 4.74 Å². The average Bonchev–Trinajstić information content (AvgIpc) is 3.26. The Bertz CT molecular complexity index is 1580. The number of nitrogens with one attached hydrogen (secondary N) is 1. The van der Waals surface area contributed by atoms with Gasteiger partial charge >= 0.3 is 12.3 Å². The van der Waals surface area contributed by atoms with Gasteiger partial charge in [-0.2, -0.15) is 17.5 Å². The molecule has 0 radical (unpaired) electrons. The largest absolute Gasteiger partial charge is 0.449 e. The van der Waals surface area contributed by atoms with Crippen molar-refractivity contribution in [2.24, 2.45) is 4.99 Å². The van der Waals surface area contributed by atoms with Gasteiger partial charge in [0.2, 0.25) is 27.7 Å². The second kappa shape index (κ2) is 13.4. The van der Waals surface area contributed by atoms with Crippen LogP contribution in [0, 0.1) is 17.5 Å².